The molecule has 0 atom stereocenters. The van der Waals surface area contributed by atoms with E-state index in [-0.39, 0.29) is 11.4 Å². The van der Waals surface area contributed by atoms with E-state index in [4.69, 9.17) is 9.47 Å². The average molecular weight is 489 g/mol. The number of nitrogens with zero attached hydrogens (tertiary/aromatic N) is 1. The Morgan fingerprint density at radius 2 is 1.71 bits per heavy atom. The molecule has 1 N–H and O–H groups in total. The Bertz CT molecular complexity index is 1240. The lowest BCUT2D eigenvalue weighted by Crippen LogP contribution is -2.36. The van der Waals surface area contributed by atoms with E-state index < -0.39 is 17.1 Å². The highest BCUT2D eigenvalue weighted by Crippen LogP contribution is 2.32. The Kier molecular flexibility index (Phi) is 7.84. The number of nitrogens with one attached hydrogen (secondary N) is 1. The fourth-order valence-electron chi connectivity index (χ4n) is 3.37. The van der Waals surface area contributed by atoms with Gasteiger partial charge in [0, 0.05) is 5.69 Å². The monoisotopic (exact) mass is 488 g/mol. The quantitative estimate of drug-likeness (QED) is 0.409. The smallest absolute Gasteiger partial charge is 0.294 e. The number of rotatable bonds is 9. The molecule has 1 heterocycles. The van der Waals surface area contributed by atoms with E-state index >= 15 is 0 Å². The molecule has 0 aromatic heterocycles. The molecule has 35 heavy (non-hydrogen) atoms. The lowest BCUT2D eigenvalue weighted by molar-refractivity contribution is -0.127. The number of anilines is 1. The standard InChI is InChI=1S/C27H24N2O5S/c1-2-33-22-13-11-21(12-14-22)28-25(30)17-29-26(31)24(35-27(29)32)16-20-9-6-10-23(15-20)34-18-19-7-4-3-5-8-19/h3-16H,2,17-18H2,1H3,(H,28,30)/b24-16-. The number of ether oxygens (including phenoxy) is 2. The van der Waals surface area contributed by atoms with Crippen molar-refractivity contribution in [3.63, 3.8) is 0 Å². The Morgan fingerprint density at radius 1 is 0.943 bits per heavy atom. The van der Waals surface area contributed by atoms with Gasteiger partial charge in [-0.05, 0) is 72.3 Å². The molecule has 0 aliphatic carbocycles. The number of carbonyl (C=O) groups is 3. The van der Waals surface area contributed by atoms with Gasteiger partial charge < -0.3 is 14.8 Å². The minimum Gasteiger partial charge on any atom is -0.494 e. The highest BCUT2D eigenvalue weighted by atomic mass is 32.2. The molecule has 0 bridgehead atoms. The van der Waals surface area contributed by atoms with Crippen molar-refractivity contribution in [3.05, 3.63) is 94.9 Å². The number of benzene rings is 3. The molecule has 1 saturated heterocycles. The van der Waals surface area contributed by atoms with Crippen molar-refractivity contribution in [3.8, 4) is 11.5 Å². The highest BCUT2D eigenvalue weighted by Gasteiger charge is 2.36. The average Bonchev–Trinajstić information content (AvgIpc) is 3.12. The van der Waals surface area contributed by atoms with Gasteiger partial charge >= 0.3 is 0 Å². The fraction of sp³-hybridized carbons (Fsp3) is 0.148. The van der Waals surface area contributed by atoms with Crippen LogP contribution in [-0.4, -0.2) is 35.1 Å². The van der Waals surface area contributed by atoms with Crippen LogP contribution >= 0.6 is 11.8 Å². The predicted molar refractivity (Wildman–Crippen MR) is 136 cm³/mol. The van der Waals surface area contributed by atoms with Crippen LogP contribution in [0.5, 0.6) is 11.5 Å². The summed E-state index contributed by atoms with van der Waals surface area (Å²) in [5, 5.41) is 2.21. The molecule has 0 saturated carbocycles. The van der Waals surface area contributed by atoms with Gasteiger partial charge in [0.1, 0.15) is 24.7 Å². The van der Waals surface area contributed by atoms with E-state index in [0.29, 0.717) is 30.4 Å². The van der Waals surface area contributed by atoms with Crippen LogP contribution in [0.4, 0.5) is 10.5 Å². The summed E-state index contributed by atoms with van der Waals surface area (Å²) >= 11 is 0.810. The zero-order valence-electron chi connectivity index (χ0n) is 19.1. The third-order valence-electron chi connectivity index (χ3n) is 5.03. The molecule has 8 heteroatoms. The maximum atomic E-state index is 12.8. The molecular weight excluding hydrogens is 464 g/mol. The zero-order valence-corrected chi connectivity index (χ0v) is 19.9. The van der Waals surface area contributed by atoms with Gasteiger partial charge in [0.05, 0.1) is 11.5 Å². The molecule has 0 unspecified atom stereocenters. The Hall–Kier alpha value is -4.04. The molecule has 1 aliphatic heterocycles. The summed E-state index contributed by atoms with van der Waals surface area (Å²) in [5.41, 5.74) is 2.32. The number of imide groups is 1. The van der Waals surface area contributed by atoms with Crippen molar-refractivity contribution < 1.29 is 23.9 Å². The van der Waals surface area contributed by atoms with Crippen LogP contribution < -0.4 is 14.8 Å². The minimum atomic E-state index is -0.502. The Balaban J connectivity index is 1.37. The van der Waals surface area contributed by atoms with Crippen molar-refractivity contribution in [1.29, 1.82) is 0 Å². The molecule has 1 fully saturated rings. The third kappa shape index (κ3) is 6.51. The van der Waals surface area contributed by atoms with Crippen LogP contribution in [0.1, 0.15) is 18.1 Å². The van der Waals surface area contributed by atoms with Gasteiger partial charge in [-0.25, -0.2) is 0 Å². The van der Waals surface area contributed by atoms with E-state index in [0.717, 1.165) is 27.8 Å². The minimum absolute atomic E-state index is 0.254. The molecule has 1 aliphatic rings. The number of carbonyl (C=O) groups excluding carboxylic acids is 3. The molecular formula is C27H24N2O5S. The van der Waals surface area contributed by atoms with Gasteiger partial charge in [0.25, 0.3) is 11.1 Å². The van der Waals surface area contributed by atoms with Crippen molar-refractivity contribution in [1.82, 2.24) is 4.90 Å². The van der Waals surface area contributed by atoms with Gasteiger partial charge in [0.15, 0.2) is 0 Å². The first-order valence-corrected chi connectivity index (χ1v) is 11.9. The fourth-order valence-corrected chi connectivity index (χ4v) is 4.21. The van der Waals surface area contributed by atoms with E-state index in [9.17, 15) is 14.4 Å². The number of amides is 3. The van der Waals surface area contributed by atoms with Crippen molar-refractivity contribution in [2.45, 2.75) is 13.5 Å². The Labute approximate surface area is 207 Å². The third-order valence-corrected chi connectivity index (χ3v) is 5.94. The Morgan fingerprint density at radius 3 is 2.46 bits per heavy atom. The van der Waals surface area contributed by atoms with Gasteiger partial charge in [-0.2, -0.15) is 0 Å². The maximum Gasteiger partial charge on any atom is 0.294 e. The van der Waals surface area contributed by atoms with Crippen LogP contribution in [0.15, 0.2) is 83.8 Å². The van der Waals surface area contributed by atoms with Crippen LogP contribution in [0.25, 0.3) is 6.08 Å². The summed E-state index contributed by atoms with van der Waals surface area (Å²) in [6.07, 6.45) is 1.63. The molecule has 3 amide bonds. The zero-order chi connectivity index (χ0) is 24.6. The summed E-state index contributed by atoms with van der Waals surface area (Å²) in [6.45, 7) is 2.49. The van der Waals surface area contributed by atoms with Crippen LogP contribution in [0.2, 0.25) is 0 Å². The van der Waals surface area contributed by atoms with E-state index in [1.807, 2.05) is 55.5 Å². The first kappa shape index (κ1) is 24.1. The van der Waals surface area contributed by atoms with E-state index in [2.05, 4.69) is 5.32 Å². The van der Waals surface area contributed by atoms with Crippen molar-refractivity contribution in [2.75, 3.05) is 18.5 Å². The second-order valence-electron chi connectivity index (χ2n) is 7.62. The largest absolute Gasteiger partial charge is 0.494 e. The first-order valence-electron chi connectivity index (χ1n) is 11.1. The second kappa shape index (κ2) is 11.4. The first-order chi connectivity index (χ1) is 17.0. The summed E-state index contributed by atoms with van der Waals surface area (Å²) in [7, 11) is 0. The van der Waals surface area contributed by atoms with E-state index in [1.165, 1.54) is 0 Å². The van der Waals surface area contributed by atoms with Gasteiger partial charge in [-0.1, -0.05) is 42.5 Å². The molecule has 3 aromatic carbocycles. The number of thioether (sulfide) groups is 1. The summed E-state index contributed by atoms with van der Waals surface area (Å²) in [6, 6.07) is 23.9. The van der Waals surface area contributed by atoms with Gasteiger partial charge in [0.2, 0.25) is 5.91 Å². The molecule has 178 valence electrons. The molecule has 0 radical (unpaired) electrons. The lowest BCUT2D eigenvalue weighted by Gasteiger charge is -2.12. The van der Waals surface area contributed by atoms with Crippen LogP contribution in [-0.2, 0) is 16.2 Å². The summed E-state index contributed by atoms with van der Waals surface area (Å²) in [5.74, 6) is 0.374. The highest BCUT2D eigenvalue weighted by molar-refractivity contribution is 8.18. The van der Waals surface area contributed by atoms with Gasteiger partial charge in [-0.3, -0.25) is 19.3 Å². The topological polar surface area (TPSA) is 84.9 Å². The molecule has 7 nitrogen and oxygen atoms in total. The van der Waals surface area contributed by atoms with Crippen LogP contribution in [0, 0.1) is 0 Å². The molecule has 0 spiro atoms. The van der Waals surface area contributed by atoms with Crippen molar-refractivity contribution in [2.24, 2.45) is 0 Å². The van der Waals surface area contributed by atoms with Gasteiger partial charge in [-0.15, -0.1) is 0 Å². The summed E-state index contributed by atoms with van der Waals surface area (Å²) in [4.78, 5) is 38.9. The van der Waals surface area contributed by atoms with Crippen LogP contribution in [0.3, 0.4) is 0 Å². The number of hydrogen-bond donors (Lipinski definition) is 1. The molecule has 4 rings (SSSR count). The van der Waals surface area contributed by atoms with E-state index in [1.54, 1.807) is 36.4 Å². The lowest BCUT2D eigenvalue weighted by atomic mass is 10.2. The van der Waals surface area contributed by atoms with Crippen molar-refractivity contribution >= 4 is 40.6 Å². The normalized spacial score (nSPS) is 14.3. The maximum absolute atomic E-state index is 12.8. The summed E-state index contributed by atoms with van der Waals surface area (Å²) < 4.78 is 11.2. The molecule has 3 aromatic rings. The SMILES string of the molecule is CCOc1ccc(NC(=O)CN2C(=O)S/C(=C\c3cccc(OCc4ccccc4)c3)C2=O)cc1. The number of hydrogen-bond acceptors (Lipinski definition) is 6. The predicted octanol–water partition coefficient (Wildman–Crippen LogP) is 5.34. The second-order valence-corrected chi connectivity index (χ2v) is 8.61.